The van der Waals surface area contributed by atoms with Gasteiger partial charge in [0, 0.05) is 23.2 Å². The average Bonchev–Trinajstić information content (AvgIpc) is 3.47. The molecule has 1 aliphatic rings. The Morgan fingerprint density at radius 2 is 2.03 bits per heavy atom. The Hall–Kier alpha value is -2.92. The molecule has 29 heavy (non-hydrogen) atoms. The fraction of sp³-hybridized carbons (Fsp3) is 0.333. The molecule has 3 aromatic rings. The molecule has 1 aromatic heterocycles. The first-order valence-electron chi connectivity index (χ1n) is 10.1. The van der Waals surface area contributed by atoms with Crippen LogP contribution in [0.1, 0.15) is 46.8 Å². The number of aromatic nitrogens is 1. The molecule has 5 nitrogen and oxygen atoms in total. The van der Waals surface area contributed by atoms with Crippen LogP contribution in [0, 0.1) is 13.8 Å². The highest BCUT2D eigenvalue weighted by Gasteiger charge is 2.47. The van der Waals surface area contributed by atoms with Gasteiger partial charge in [-0.1, -0.05) is 18.2 Å². The molecule has 1 heterocycles. The third-order valence-corrected chi connectivity index (χ3v) is 5.45. The second kappa shape index (κ2) is 7.48. The molecule has 5 heteroatoms. The van der Waals surface area contributed by atoms with E-state index in [1.54, 1.807) is 12.3 Å². The van der Waals surface area contributed by atoms with Gasteiger partial charge < -0.3 is 15.8 Å². The van der Waals surface area contributed by atoms with E-state index in [0.717, 1.165) is 40.4 Å². The van der Waals surface area contributed by atoms with Crippen LogP contribution in [0.25, 0.3) is 10.9 Å². The van der Waals surface area contributed by atoms with Gasteiger partial charge in [-0.05, 0) is 74.6 Å². The van der Waals surface area contributed by atoms with Crippen molar-refractivity contribution in [2.75, 3.05) is 6.61 Å². The van der Waals surface area contributed by atoms with E-state index >= 15 is 0 Å². The number of fused-ring (bicyclic) bond motifs is 1. The zero-order valence-electron chi connectivity index (χ0n) is 17.2. The van der Waals surface area contributed by atoms with E-state index in [0.29, 0.717) is 17.9 Å². The lowest BCUT2D eigenvalue weighted by Crippen LogP contribution is -2.35. The summed E-state index contributed by atoms with van der Waals surface area (Å²) in [7, 11) is 0. The summed E-state index contributed by atoms with van der Waals surface area (Å²) in [5, 5.41) is 4.40. The number of hydrogen-bond acceptors (Lipinski definition) is 4. The maximum Gasteiger partial charge on any atom is 0.252 e. The molecule has 4 rings (SSSR count). The molecule has 1 unspecified atom stereocenters. The van der Waals surface area contributed by atoms with Crippen molar-refractivity contribution >= 4 is 16.8 Å². The minimum atomic E-state index is -0.334. The number of amides is 1. The lowest BCUT2D eigenvalue weighted by molar-refractivity contribution is 0.0930. The van der Waals surface area contributed by atoms with Gasteiger partial charge in [0.05, 0.1) is 11.1 Å². The Labute approximate surface area is 171 Å². The van der Waals surface area contributed by atoms with Gasteiger partial charge in [0.1, 0.15) is 12.4 Å². The van der Waals surface area contributed by atoms with Crippen LogP contribution in [-0.4, -0.2) is 23.5 Å². The average molecular weight is 389 g/mol. The maximum absolute atomic E-state index is 13.2. The van der Waals surface area contributed by atoms with E-state index in [-0.39, 0.29) is 17.5 Å². The van der Waals surface area contributed by atoms with Crippen molar-refractivity contribution in [3.8, 4) is 5.75 Å². The van der Waals surface area contributed by atoms with Crippen LogP contribution < -0.4 is 15.8 Å². The van der Waals surface area contributed by atoms with Crippen LogP contribution in [0.3, 0.4) is 0 Å². The fourth-order valence-electron chi connectivity index (χ4n) is 3.75. The number of nitrogens with zero attached hydrogens (tertiary/aromatic N) is 1. The minimum Gasteiger partial charge on any atom is -0.492 e. The first-order chi connectivity index (χ1) is 13.9. The highest BCUT2D eigenvalue weighted by Crippen LogP contribution is 2.48. The van der Waals surface area contributed by atoms with Crippen LogP contribution in [0.15, 0.2) is 48.7 Å². The van der Waals surface area contributed by atoms with E-state index in [9.17, 15) is 4.79 Å². The molecule has 2 aromatic carbocycles. The summed E-state index contributed by atoms with van der Waals surface area (Å²) in [6, 6.07) is 13.8. The van der Waals surface area contributed by atoms with Gasteiger partial charge in [-0.25, -0.2) is 0 Å². The summed E-state index contributed by atoms with van der Waals surface area (Å²) in [5.74, 6) is 0.581. The molecule has 0 aliphatic heterocycles. The molecule has 0 saturated heterocycles. The van der Waals surface area contributed by atoms with Crippen molar-refractivity contribution in [1.29, 1.82) is 0 Å². The van der Waals surface area contributed by atoms with Crippen LogP contribution in [0.4, 0.5) is 0 Å². The maximum atomic E-state index is 13.2. The zero-order chi connectivity index (χ0) is 20.6. The normalized spacial score (nSPS) is 15.7. The van der Waals surface area contributed by atoms with Crippen molar-refractivity contribution in [3.63, 3.8) is 0 Å². The largest absolute Gasteiger partial charge is 0.492 e. The Kier molecular flexibility index (Phi) is 5.01. The van der Waals surface area contributed by atoms with E-state index in [1.165, 1.54) is 0 Å². The Morgan fingerprint density at radius 3 is 2.76 bits per heavy atom. The Balaban J connectivity index is 1.63. The second-order valence-electron chi connectivity index (χ2n) is 8.18. The number of pyridine rings is 1. The molecule has 0 radical (unpaired) electrons. The standard InChI is InChI=1S/C24H27N3O2/c1-15-11-21(19-5-4-10-26-22(19)12-15)24(8-9-24)27-23(28)20-13-18(7-6-16(20)2)29-14-17(3)25/h4-7,10-13,17H,8-9,14,25H2,1-3H3,(H,27,28). The molecule has 3 N–H and O–H groups in total. The Morgan fingerprint density at radius 1 is 1.24 bits per heavy atom. The van der Waals surface area contributed by atoms with Crippen molar-refractivity contribution < 1.29 is 9.53 Å². The van der Waals surface area contributed by atoms with E-state index in [4.69, 9.17) is 10.5 Å². The lowest BCUT2D eigenvalue weighted by Gasteiger charge is -2.21. The summed E-state index contributed by atoms with van der Waals surface area (Å²) < 4.78 is 5.70. The molecule has 1 saturated carbocycles. The number of carbonyl (C=O) groups is 1. The van der Waals surface area contributed by atoms with Crippen molar-refractivity contribution in [2.45, 2.75) is 45.2 Å². The molecule has 0 spiro atoms. The van der Waals surface area contributed by atoms with Gasteiger partial charge in [0.2, 0.25) is 0 Å². The number of benzene rings is 2. The Bertz CT molecular complexity index is 1070. The van der Waals surface area contributed by atoms with Gasteiger partial charge in [-0.15, -0.1) is 0 Å². The predicted octanol–water partition coefficient (Wildman–Crippen LogP) is 4.00. The van der Waals surface area contributed by atoms with Gasteiger partial charge in [-0.3, -0.25) is 9.78 Å². The number of ether oxygens (including phenoxy) is 1. The lowest BCUT2D eigenvalue weighted by atomic mass is 9.96. The van der Waals surface area contributed by atoms with E-state index < -0.39 is 0 Å². The quantitative estimate of drug-likeness (QED) is 0.668. The summed E-state index contributed by atoms with van der Waals surface area (Å²) in [6.45, 7) is 6.31. The molecule has 1 amide bonds. The van der Waals surface area contributed by atoms with Gasteiger partial charge >= 0.3 is 0 Å². The van der Waals surface area contributed by atoms with Crippen LogP contribution in [-0.2, 0) is 5.54 Å². The monoisotopic (exact) mass is 389 g/mol. The van der Waals surface area contributed by atoms with Crippen molar-refractivity contribution in [2.24, 2.45) is 5.73 Å². The first-order valence-corrected chi connectivity index (χ1v) is 10.1. The number of nitrogens with one attached hydrogen (secondary N) is 1. The van der Waals surface area contributed by atoms with Crippen LogP contribution >= 0.6 is 0 Å². The van der Waals surface area contributed by atoms with Crippen LogP contribution in [0.2, 0.25) is 0 Å². The number of aryl methyl sites for hydroxylation is 2. The molecular weight excluding hydrogens is 362 g/mol. The predicted molar refractivity (Wildman–Crippen MR) is 115 cm³/mol. The summed E-state index contributed by atoms with van der Waals surface area (Å²) in [4.78, 5) is 17.7. The van der Waals surface area contributed by atoms with Crippen LogP contribution in [0.5, 0.6) is 5.75 Å². The number of nitrogens with two attached hydrogens (primary N) is 1. The zero-order valence-corrected chi connectivity index (χ0v) is 17.2. The number of rotatable bonds is 6. The molecule has 0 bridgehead atoms. The number of hydrogen-bond donors (Lipinski definition) is 2. The smallest absolute Gasteiger partial charge is 0.252 e. The highest BCUT2D eigenvalue weighted by molar-refractivity contribution is 5.97. The number of carbonyl (C=O) groups excluding carboxylic acids is 1. The van der Waals surface area contributed by atoms with Crippen molar-refractivity contribution in [3.05, 3.63) is 70.9 Å². The van der Waals surface area contributed by atoms with E-state index in [1.807, 2.05) is 32.0 Å². The van der Waals surface area contributed by atoms with Gasteiger partial charge in [0.15, 0.2) is 0 Å². The third kappa shape index (κ3) is 3.96. The molecule has 1 aliphatic carbocycles. The summed E-state index contributed by atoms with van der Waals surface area (Å²) in [6.07, 6.45) is 3.65. The highest BCUT2D eigenvalue weighted by atomic mass is 16.5. The minimum absolute atomic E-state index is 0.0634. The van der Waals surface area contributed by atoms with Gasteiger partial charge in [-0.2, -0.15) is 0 Å². The molecule has 1 atom stereocenters. The summed E-state index contributed by atoms with van der Waals surface area (Å²) in [5.41, 5.74) is 10.2. The molecule has 150 valence electrons. The summed E-state index contributed by atoms with van der Waals surface area (Å²) >= 11 is 0. The molecular formula is C24H27N3O2. The van der Waals surface area contributed by atoms with Gasteiger partial charge in [0.25, 0.3) is 5.91 Å². The second-order valence-corrected chi connectivity index (χ2v) is 8.18. The first kappa shape index (κ1) is 19.4. The fourth-order valence-corrected chi connectivity index (χ4v) is 3.75. The molecule has 1 fully saturated rings. The topological polar surface area (TPSA) is 77.2 Å². The van der Waals surface area contributed by atoms with Crippen molar-refractivity contribution in [1.82, 2.24) is 10.3 Å². The third-order valence-electron chi connectivity index (χ3n) is 5.45. The SMILES string of the molecule is Cc1cc(C2(NC(=O)c3cc(OCC(C)N)ccc3C)CC2)c2cccnc2c1. The van der Waals surface area contributed by atoms with E-state index in [2.05, 4.69) is 35.4 Å².